The zero-order valence-corrected chi connectivity index (χ0v) is 14.4. The Hall–Kier alpha value is -1.21. The van der Waals surface area contributed by atoms with Gasteiger partial charge in [-0.3, -0.25) is 0 Å². The van der Waals surface area contributed by atoms with Crippen molar-refractivity contribution in [2.75, 3.05) is 12.8 Å². The van der Waals surface area contributed by atoms with Crippen LogP contribution in [0, 0.1) is 0 Å². The number of nitrogen functional groups attached to an aromatic ring is 1. The Morgan fingerprint density at radius 3 is 2.64 bits per heavy atom. The monoisotopic (exact) mass is 377 g/mol. The fraction of sp³-hybridized carbons (Fsp3) is 0.154. The van der Waals surface area contributed by atoms with Gasteiger partial charge in [-0.2, -0.15) is 0 Å². The van der Waals surface area contributed by atoms with Gasteiger partial charge in [-0.15, -0.1) is 0 Å². The maximum absolute atomic E-state index is 11.4. The number of hydrogen-bond acceptors (Lipinski definition) is 6. The van der Waals surface area contributed by atoms with E-state index < -0.39 is 5.97 Å². The number of carbonyl (C=O) groups excluding carboxylic acids is 1. The van der Waals surface area contributed by atoms with E-state index in [1.54, 1.807) is 12.1 Å². The van der Waals surface area contributed by atoms with Gasteiger partial charge >= 0.3 is 5.97 Å². The van der Waals surface area contributed by atoms with E-state index in [9.17, 15) is 4.79 Å². The Labute approximate surface area is 146 Å². The summed E-state index contributed by atoms with van der Waals surface area (Å²) in [6.45, 7) is 0. The second-order valence-corrected chi connectivity index (χ2v) is 6.22. The maximum Gasteiger partial charge on any atom is 0.360 e. The van der Waals surface area contributed by atoms with Gasteiger partial charge in [-0.05, 0) is 17.7 Å². The average molecular weight is 379 g/mol. The van der Waals surface area contributed by atoms with Gasteiger partial charge in [-0.25, -0.2) is 14.8 Å². The molecule has 0 radical (unpaired) electrons. The fourth-order valence-corrected chi connectivity index (χ4v) is 2.95. The van der Waals surface area contributed by atoms with Crippen molar-refractivity contribution in [1.82, 2.24) is 9.97 Å². The number of nitrogens with zero attached hydrogens (tertiary/aromatic N) is 2. The van der Waals surface area contributed by atoms with Crippen molar-refractivity contribution in [3.05, 3.63) is 44.7 Å². The summed E-state index contributed by atoms with van der Waals surface area (Å²) >= 11 is 19.2. The molecule has 0 fully saturated rings. The standard InChI is InChI=1S/C13H10Cl3N3O2S/c1-21-13(20)9-11(17)19-12(10(16)18-9)22-5-6-2-3-7(14)8(15)4-6/h2-4H,5H2,1H3,(H2,17,19). The van der Waals surface area contributed by atoms with Gasteiger partial charge in [0.05, 0.1) is 17.2 Å². The molecule has 1 heterocycles. The van der Waals surface area contributed by atoms with E-state index in [1.807, 2.05) is 6.07 Å². The van der Waals surface area contributed by atoms with Crippen LogP contribution in [0.3, 0.4) is 0 Å². The lowest BCUT2D eigenvalue weighted by atomic mass is 10.2. The number of methoxy groups -OCH3 is 1. The van der Waals surface area contributed by atoms with E-state index in [1.165, 1.54) is 18.9 Å². The van der Waals surface area contributed by atoms with Crippen LogP contribution in [0.5, 0.6) is 0 Å². The molecule has 22 heavy (non-hydrogen) atoms. The van der Waals surface area contributed by atoms with Crippen LogP contribution >= 0.6 is 46.6 Å². The summed E-state index contributed by atoms with van der Waals surface area (Å²) in [7, 11) is 1.23. The zero-order chi connectivity index (χ0) is 16.3. The minimum Gasteiger partial charge on any atom is -0.464 e. The number of benzene rings is 1. The molecular weight excluding hydrogens is 369 g/mol. The summed E-state index contributed by atoms with van der Waals surface area (Å²) in [6, 6.07) is 5.31. The highest BCUT2D eigenvalue weighted by atomic mass is 35.5. The van der Waals surface area contributed by atoms with Crippen LogP contribution in [0.2, 0.25) is 15.2 Å². The smallest absolute Gasteiger partial charge is 0.360 e. The number of ether oxygens (including phenoxy) is 1. The van der Waals surface area contributed by atoms with Gasteiger partial charge in [0, 0.05) is 5.75 Å². The largest absolute Gasteiger partial charge is 0.464 e. The number of carbonyl (C=O) groups is 1. The average Bonchev–Trinajstić information content (AvgIpc) is 2.50. The Kier molecular flexibility index (Phi) is 5.74. The van der Waals surface area contributed by atoms with Crippen molar-refractivity contribution in [2.24, 2.45) is 0 Å². The lowest BCUT2D eigenvalue weighted by Gasteiger charge is -2.07. The van der Waals surface area contributed by atoms with Crippen molar-refractivity contribution in [1.29, 1.82) is 0 Å². The molecule has 2 N–H and O–H groups in total. The molecule has 1 aromatic carbocycles. The van der Waals surface area contributed by atoms with Crippen LogP contribution in [-0.4, -0.2) is 23.0 Å². The molecule has 0 aliphatic heterocycles. The van der Waals surface area contributed by atoms with Gasteiger partial charge in [0.1, 0.15) is 5.03 Å². The molecule has 0 spiro atoms. The number of rotatable bonds is 4. The molecule has 5 nitrogen and oxygen atoms in total. The topological polar surface area (TPSA) is 78.1 Å². The molecule has 1 aromatic heterocycles. The molecule has 0 saturated heterocycles. The SMILES string of the molecule is COC(=O)c1nc(Cl)c(SCc2ccc(Cl)c(Cl)c2)nc1N. The number of aromatic nitrogens is 2. The molecule has 0 aliphatic carbocycles. The first-order valence-corrected chi connectivity index (χ1v) is 8.02. The van der Waals surface area contributed by atoms with Crippen molar-refractivity contribution in [3.8, 4) is 0 Å². The molecule has 2 aromatic rings. The molecule has 0 aliphatic rings. The zero-order valence-electron chi connectivity index (χ0n) is 11.3. The van der Waals surface area contributed by atoms with E-state index in [4.69, 9.17) is 40.5 Å². The number of thioether (sulfide) groups is 1. The van der Waals surface area contributed by atoms with Crippen molar-refractivity contribution in [2.45, 2.75) is 10.8 Å². The molecular formula is C13H10Cl3N3O2S. The molecule has 0 saturated carbocycles. The van der Waals surface area contributed by atoms with Crippen molar-refractivity contribution >= 4 is 58.4 Å². The van der Waals surface area contributed by atoms with Gasteiger partial charge in [-0.1, -0.05) is 52.6 Å². The third-order valence-electron chi connectivity index (χ3n) is 2.59. The Bertz CT molecular complexity index is 728. The number of esters is 1. The molecule has 0 atom stereocenters. The van der Waals surface area contributed by atoms with Crippen LogP contribution in [0.25, 0.3) is 0 Å². The van der Waals surface area contributed by atoms with E-state index >= 15 is 0 Å². The Balaban J connectivity index is 2.18. The normalized spacial score (nSPS) is 10.5. The van der Waals surface area contributed by atoms with Crippen molar-refractivity contribution in [3.63, 3.8) is 0 Å². The molecule has 9 heteroatoms. The van der Waals surface area contributed by atoms with Crippen LogP contribution in [0.1, 0.15) is 16.1 Å². The van der Waals surface area contributed by atoms with Crippen molar-refractivity contribution < 1.29 is 9.53 Å². The number of hydrogen-bond donors (Lipinski definition) is 1. The van der Waals surface area contributed by atoms with Crippen LogP contribution in [0.15, 0.2) is 23.2 Å². The van der Waals surface area contributed by atoms with E-state index in [0.29, 0.717) is 20.8 Å². The van der Waals surface area contributed by atoms with Crippen LogP contribution < -0.4 is 5.73 Å². The second-order valence-electron chi connectivity index (χ2n) is 4.08. The summed E-state index contributed by atoms with van der Waals surface area (Å²) in [5.74, 6) is -0.178. The summed E-state index contributed by atoms with van der Waals surface area (Å²) in [5.41, 5.74) is 6.53. The molecule has 0 unspecified atom stereocenters. The van der Waals surface area contributed by atoms with Gasteiger partial charge in [0.2, 0.25) is 0 Å². The second kappa shape index (κ2) is 7.37. The van der Waals surface area contributed by atoms with Crippen LogP contribution in [0.4, 0.5) is 5.82 Å². The van der Waals surface area contributed by atoms with Gasteiger partial charge in [0.15, 0.2) is 16.7 Å². The predicted octanol–water partition coefficient (Wildman–Crippen LogP) is 4.10. The third-order valence-corrected chi connectivity index (χ3v) is 4.74. The van der Waals surface area contributed by atoms with E-state index in [-0.39, 0.29) is 16.7 Å². The Morgan fingerprint density at radius 2 is 2.00 bits per heavy atom. The first-order chi connectivity index (χ1) is 10.4. The van der Waals surface area contributed by atoms with E-state index in [0.717, 1.165) is 5.56 Å². The summed E-state index contributed by atoms with van der Waals surface area (Å²) in [5, 5.41) is 1.45. The molecule has 2 rings (SSSR count). The van der Waals surface area contributed by atoms with E-state index in [2.05, 4.69) is 14.7 Å². The van der Waals surface area contributed by atoms with Gasteiger partial charge < -0.3 is 10.5 Å². The predicted molar refractivity (Wildman–Crippen MR) is 88.8 cm³/mol. The highest BCUT2D eigenvalue weighted by Crippen LogP contribution is 2.30. The minimum atomic E-state index is -0.687. The summed E-state index contributed by atoms with van der Waals surface area (Å²) < 4.78 is 4.55. The highest BCUT2D eigenvalue weighted by Gasteiger charge is 2.17. The van der Waals surface area contributed by atoms with Gasteiger partial charge in [0.25, 0.3) is 0 Å². The quantitative estimate of drug-likeness (QED) is 0.637. The highest BCUT2D eigenvalue weighted by molar-refractivity contribution is 7.98. The Morgan fingerprint density at radius 1 is 1.27 bits per heavy atom. The lowest BCUT2D eigenvalue weighted by Crippen LogP contribution is -2.11. The third kappa shape index (κ3) is 3.95. The molecule has 116 valence electrons. The first kappa shape index (κ1) is 17.1. The molecule has 0 bridgehead atoms. The lowest BCUT2D eigenvalue weighted by molar-refractivity contribution is 0.0594. The molecule has 0 amide bonds. The fourth-order valence-electron chi connectivity index (χ4n) is 1.53. The number of halogens is 3. The first-order valence-electron chi connectivity index (χ1n) is 5.90. The summed E-state index contributed by atoms with van der Waals surface area (Å²) in [4.78, 5) is 19.5. The number of anilines is 1. The van der Waals surface area contributed by atoms with Crippen LogP contribution in [-0.2, 0) is 10.5 Å². The number of nitrogens with two attached hydrogens (primary N) is 1. The minimum absolute atomic E-state index is 0.0344. The summed E-state index contributed by atoms with van der Waals surface area (Å²) in [6.07, 6.45) is 0. The maximum atomic E-state index is 11.4.